The van der Waals surface area contributed by atoms with Crippen LogP contribution in [0.1, 0.15) is 25.2 Å². The second-order valence-electron chi connectivity index (χ2n) is 4.18. The first-order valence-electron chi connectivity index (χ1n) is 5.75. The number of likely N-dealkylation sites (tertiary alicyclic amines) is 1. The van der Waals surface area contributed by atoms with Crippen molar-refractivity contribution in [3.05, 3.63) is 18.2 Å². The summed E-state index contributed by atoms with van der Waals surface area (Å²) in [4.78, 5) is 17.3. The minimum Gasteiger partial charge on any atom is -0.468 e. The first kappa shape index (κ1) is 12.9. The largest absolute Gasteiger partial charge is 0.468 e. The maximum absolute atomic E-state index is 12.7. The Kier molecular flexibility index (Phi) is 3.90. The number of ether oxygens (including phenoxy) is 1. The van der Waals surface area contributed by atoms with E-state index in [9.17, 15) is 13.6 Å². The van der Waals surface area contributed by atoms with Crippen LogP contribution in [0.5, 0.6) is 0 Å². The van der Waals surface area contributed by atoms with E-state index in [2.05, 4.69) is 4.98 Å². The lowest BCUT2D eigenvalue weighted by atomic mass is 10.2. The minimum atomic E-state index is -2.61. The maximum atomic E-state index is 12.7. The van der Waals surface area contributed by atoms with E-state index in [1.54, 1.807) is 0 Å². The van der Waals surface area contributed by atoms with Gasteiger partial charge in [0.05, 0.1) is 13.7 Å². The molecule has 0 aromatic carbocycles. The molecule has 1 saturated heterocycles. The van der Waals surface area contributed by atoms with Crippen molar-refractivity contribution in [2.45, 2.75) is 32.0 Å². The van der Waals surface area contributed by atoms with E-state index >= 15 is 0 Å². The van der Waals surface area contributed by atoms with Crippen LogP contribution in [0.25, 0.3) is 0 Å². The third-order valence-corrected chi connectivity index (χ3v) is 3.14. The fourth-order valence-electron chi connectivity index (χ4n) is 2.24. The number of nitrogens with zero attached hydrogens (tertiary/aromatic N) is 3. The van der Waals surface area contributed by atoms with Gasteiger partial charge in [0, 0.05) is 12.4 Å². The molecule has 0 N–H and O–H groups in total. The summed E-state index contributed by atoms with van der Waals surface area (Å²) in [5.74, 6) is -0.0524. The highest BCUT2D eigenvalue weighted by Crippen LogP contribution is 2.22. The molecule has 0 aliphatic carbocycles. The second kappa shape index (κ2) is 5.43. The standard InChI is InChI=1S/C11H15F2N3O2/c1-18-10(17)8-3-2-5-15(8)7-9-14-4-6-16(9)11(12)13/h4,6,8,11H,2-3,5,7H2,1H3. The van der Waals surface area contributed by atoms with Crippen LogP contribution >= 0.6 is 0 Å². The molecule has 2 heterocycles. The SMILES string of the molecule is COC(=O)C1CCCN1Cc1nccn1C(F)F. The van der Waals surface area contributed by atoms with Crippen LogP contribution in [0.15, 0.2) is 12.4 Å². The summed E-state index contributed by atoms with van der Waals surface area (Å²) in [5.41, 5.74) is 0. The number of imidazole rings is 1. The van der Waals surface area contributed by atoms with E-state index in [0.717, 1.165) is 11.0 Å². The summed E-state index contributed by atoms with van der Waals surface area (Å²) in [6.45, 7) is -1.69. The van der Waals surface area contributed by atoms with Gasteiger partial charge in [-0.1, -0.05) is 0 Å². The number of hydrogen-bond donors (Lipinski definition) is 0. The first-order valence-corrected chi connectivity index (χ1v) is 5.75. The average Bonchev–Trinajstić information content (AvgIpc) is 2.97. The lowest BCUT2D eigenvalue weighted by Crippen LogP contribution is -2.37. The number of methoxy groups -OCH3 is 1. The molecule has 1 aromatic heterocycles. The summed E-state index contributed by atoms with van der Waals surface area (Å²) in [7, 11) is 1.33. The van der Waals surface area contributed by atoms with E-state index in [1.165, 1.54) is 19.5 Å². The van der Waals surface area contributed by atoms with E-state index in [0.29, 0.717) is 13.0 Å². The van der Waals surface area contributed by atoms with Gasteiger partial charge in [-0.2, -0.15) is 8.78 Å². The maximum Gasteiger partial charge on any atom is 0.323 e. The van der Waals surface area contributed by atoms with Crippen molar-refractivity contribution in [2.75, 3.05) is 13.7 Å². The molecular formula is C11H15F2N3O2. The van der Waals surface area contributed by atoms with Gasteiger partial charge in [-0.25, -0.2) is 4.98 Å². The molecular weight excluding hydrogens is 244 g/mol. The summed E-state index contributed by atoms with van der Waals surface area (Å²) in [6.07, 6.45) is 4.13. The molecule has 0 spiro atoms. The minimum absolute atomic E-state index is 0.233. The molecule has 1 fully saturated rings. The van der Waals surface area contributed by atoms with Gasteiger partial charge in [0.15, 0.2) is 0 Å². The third-order valence-electron chi connectivity index (χ3n) is 3.14. The highest BCUT2D eigenvalue weighted by Gasteiger charge is 2.32. The zero-order valence-electron chi connectivity index (χ0n) is 10.1. The van der Waals surface area contributed by atoms with E-state index in [-0.39, 0.29) is 24.4 Å². The Morgan fingerprint density at radius 2 is 2.44 bits per heavy atom. The Bertz CT molecular complexity index is 422. The third kappa shape index (κ3) is 2.50. The van der Waals surface area contributed by atoms with Gasteiger partial charge in [0.2, 0.25) is 0 Å². The van der Waals surface area contributed by atoms with Crippen molar-refractivity contribution in [1.82, 2.24) is 14.5 Å². The molecule has 0 radical (unpaired) electrons. The Morgan fingerprint density at radius 3 is 3.11 bits per heavy atom. The molecule has 0 saturated carbocycles. The fourth-order valence-corrected chi connectivity index (χ4v) is 2.24. The van der Waals surface area contributed by atoms with Crippen LogP contribution < -0.4 is 0 Å². The fraction of sp³-hybridized carbons (Fsp3) is 0.636. The van der Waals surface area contributed by atoms with Crippen LogP contribution in [0.3, 0.4) is 0 Å². The lowest BCUT2D eigenvalue weighted by molar-refractivity contribution is -0.146. The monoisotopic (exact) mass is 259 g/mol. The molecule has 5 nitrogen and oxygen atoms in total. The van der Waals surface area contributed by atoms with Crippen molar-refractivity contribution >= 4 is 5.97 Å². The van der Waals surface area contributed by atoms with Crippen molar-refractivity contribution < 1.29 is 18.3 Å². The smallest absolute Gasteiger partial charge is 0.323 e. The number of esters is 1. The Hall–Kier alpha value is -1.50. The molecule has 1 aromatic rings. The van der Waals surface area contributed by atoms with Crippen LogP contribution in [-0.4, -0.2) is 40.1 Å². The zero-order valence-corrected chi connectivity index (χ0v) is 10.1. The van der Waals surface area contributed by atoms with Gasteiger partial charge >= 0.3 is 12.5 Å². The molecule has 1 aliphatic heterocycles. The van der Waals surface area contributed by atoms with Gasteiger partial charge in [-0.15, -0.1) is 0 Å². The molecule has 0 bridgehead atoms. The topological polar surface area (TPSA) is 47.4 Å². The van der Waals surface area contributed by atoms with Gasteiger partial charge in [0.25, 0.3) is 0 Å². The molecule has 0 amide bonds. The van der Waals surface area contributed by atoms with Gasteiger partial charge in [-0.3, -0.25) is 14.3 Å². The van der Waals surface area contributed by atoms with Crippen LogP contribution in [-0.2, 0) is 16.1 Å². The number of hydrogen-bond acceptors (Lipinski definition) is 4. The molecule has 1 unspecified atom stereocenters. The number of aromatic nitrogens is 2. The van der Waals surface area contributed by atoms with E-state index < -0.39 is 6.55 Å². The van der Waals surface area contributed by atoms with E-state index in [4.69, 9.17) is 4.74 Å². The normalized spacial score (nSPS) is 20.6. The van der Waals surface area contributed by atoms with Crippen molar-refractivity contribution in [1.29, 1.82) is 0 Å². The van der Waals surface area contributed by atoms with Gasteiger partial charge in [0.1, 0.15) is 11.9 Å². The Balaban J connectivity index is 2.08. The molecule has 1 aliphatic rings. The summed E-state index contributed by atoms with van der Waals surface area (Å²) in [6, 6.07) is -0.349. The second-order valence-corrected chi connectivity index (χ2v) is 4.18. The highest BCUT2D eigenvalue weighted by molar-refractivity contribution is 5.75. The number of halogens is 2. The van der Waals surface area contributed by atoms with Gasteiger partial charge in [-0.05, 0) is 19.4 Å². The molecule has 1 atom stereocenters. The summed E-state index contributed by atoms with van der Waals surface area (Å²) in [5, 5.41) is 0. The number of carbonyl (C=O) groups excluding carboxylic acids is 1. The Morgan fingerprint density at radius 1 is 1.67 bits per heavy atom. The number of carbonyl (C=O) groups is 1. The predicted octanol–water partition coefficient (Wildman–Crippen LogP) is 1.42. The van der Waals surface area contributed by atoms with Crippen LogP contribution in [0, 0.1) is 0 Å². The predicted molar refractivity (Wildman–Crippen MR) is 58.9 cm³/mol. The highest BCUT2D eigenvalue weighted by atomic mass is 19.3. The van der Waals surface area contributed by atoms with Crippen LogP contribution in [0.4, 0.5) is 8.78 Å². The molecule has 100 valence electrons. The molecule has 2 rings (SSSR count). The van der Waals surface area contributed by atoms with E-state index in [1.807, 2.05) is 4.90 Å². The van der Waals surface area contributed by atoms with Crippen molar-refractivity contribution in [3.8, 4) is 0 Å². The quantitative estimate of drug-likeness (QED) is 0.767. The lowest BCUT2D eigenvalue weighted by Gasteiger charge is -2.22. The first-order chi connectivity index (χ1) is 8.63. The van der Waals surface area contributed by atoms with Gasteiger partial charge < -0.3 is 4.74 Å². The molecule has 7 heteroatoms. The summed E-state index contributed by atoms with van der Waals surface area (Å²) < 4.78 is 30.9. The van der Waals surface area contributed by atoms with Crippen molar-refractivity contribution in [3.63, 3.8) is 0 Å². The van der Waals surface area contributed by atoms with Crippen molar-refractivity contribution in [2.24, 2.45) is 0 Å². The zero-order chi connectivity index (χ0) is 13.1. The average molecular weight is 259 g/mol. The number of alkyl halides is 2. The Labute approximate surface area is 103 Å². The summed E-state index contributed by atoms with van der Waals surface area (Å²) >= 11 is 0. The molecule has 18 heavy (non-hydrogen) atoms. The number of rotatable bonds is 4. The van der Waals surface area contributed by atoms with Crippen LogP contribution in [0.2, 0.25) is 0 Å².